The molecule has 39 heavy (non-hydrogen) atoms. The molecule has 4 nitrogen and oxygen atoms in total. The molecule has 0 spiro atoms. The molecule has 4 atom stereocenters. The minimum absolute atomic E-state index is 0.0283. The van der Waals surface area contributed by atoms with Gasteiger partial charge in [-0.2, -0.15) is 0 Å². The maximum Gasteiger partial charge on any atom is 0.261 e. The van der Waals surface area contributed by atoms with Gasteiger partial charge in [0.1, 0.15) is 6.10 Å². The van der Waals surface area contributed by atoms with Crippen LogP contribution in [0.3, 0.4) is 0 Å². The molecule has 1 saturated heterocycles. The summed E-state index contributed by atoms with van der Waals surface area (Å²) >= 11 is 0. The van der Waals surface area contributed by atoms with Crippen molar-refractivity contribution in [2.24, 2.45) is 5.92 Å². The highest BCUT2D eigenvalue weighted by molar-refractivity contribution is 6.99. The summed E-state index contributed by atoms with van der Waals surface area (Å²) in [5, 5.41) is 2.53. The van der Waals surface area contributed by atoms with E-state index in [9.17, 15) is 0 Å². The molecule has 0 N–H and O–H groups in total. The van der Waals surface area contributed by atoms with Crippen LogP contribution in [0.1, 0.15) is 39.2 Å². The molecule has 0 unspecified atom stereocenters. The fraction of sp³-hybridized carbons (Fsp3) is 0.412. The fourth-order valence-corrected chi connectivity index (χ4v) is 10.7. The number of methoxy groups -OCH3 is 1. The van der Waals surface area contributed by atoms with Crippen molar-refractivity contribution in [3.8, 4) is 0 Å². The number of hydrogen-bond donors (Lipinski definition) is 0. The summed E-state index contributed by atoms with van der Waals surface area (Å²) in [6.07, 6.45) is 3.41. The quantitative estimate of drug-likeness (QED) is 0.191. The van der Waals surface area contributed by atoms with E-state index in [1.165, 1.54) is 10.4 Å². The van der Waals surface area contributed by atoms with E-state index in [-0.39, 0.29) is 29.3 Å². The van der Waals surface area contributed by atoms with Crippen molar-refractivity contribution in [2.75, 3.05) is 20.3 Å². The molecule has 0 radical (unpaired) electrons. The molecular formula is C34H44O4Si. The van der Waals surface area contributed by atoms with E-state index in [2.05, 4.69) is 100 Å². The van der Waals surface area contributed by atoms with E-state index in [1.807, 2.05) is 24.3 Å². The fourth-order valence-electron chi connectivity index (χ4n) is 6.07. The summed E-state index contributed by atoms with van der Waals surface area (Å²) in [5.74, 6) is 0.191. The lowest BCUT2D eigenvalue weighted by molar-refractivity contribution is -0.0571. The van der Waals surface area contributed by atoms with Crippen LogP contribution < -0.4 is 10.4 Å². The predicted molar refractivity (Wildman–Crippen MR) is 162 cm³/mol. The normalized spacial score (nSPS) is 21.6. The lowest BCUT2D eigenvalue weighted by Gasteiger charge is -2.43. The van der Waals surface area contributed by atoms with Crippen LogP contribution in [0, 0.1) is 5.92 Å². The summed E-state index contributed by atoms with van der Waals surface area (Å²) in [6.45, 7) is 12.6. The molecule has 0 saturated carbocycles. The largest absolute Gasteiger partial charge is 0.407 e. The molecule has 0 bridgehead atoms. The highest BCUT2D eigenvalue weighted by atomic mass is 28.4. The number of ether oxygens (including phenoxy) is 3. The Hall–Kier alpha value is -2.54. The van der Waals surface area contributed by atoms with E-state index in [1.54, 1.807) is 7.11 Å². The van der Waals surface area contributed by atoms with Crippen LogP contribution in [0.15, 0.2) is 104 Å². The van der Waals surface area contributed by atoms with Gasteiger partial charge in [0.2, 0.25) is 0 Å². The van der Waals surface area contributed by atoms with Gasteiger partial charge < -0.3 is 18.6 Å². The van der Waals surface area contributed by atoms with Crippen LogP contribution in [-0.4, -0.2) is 47.0 Å². The van der Waals surface area contributed by atoms with Gasteiger partial charge in [0.25, 0.3) is 8.32 Å². The molecule has 3 aromatic rings. The summed E-state index contributed by atoms with van der Waals surface area (Å²) in [6, 6.07) is 31.9. The van der Waals surface area contributed by atoms with Gasteiger partial charge in [0.15, 0.2) is 0 Å². The molecule has 0 amide bonds. The monoisotopic (exact) mass is 544 g/mol. The molecular weight excluding hydrogens is 500 g/mol. The van der Waals surface area contributed by atoms with Gasteiger partial charge in [0.05, 0.1) is 25.4 Å². The van der Waals surface area contributed by atoms with Gasteiger partial charge in [0, 0.05) is 19.6 Å². The van der Waals surface area contributed by atoms with Crippen molar-refractivity contribution in [2.45, 2.75) is 63.6 Å². The maximum atomic E-state index is 7.19. The highest BCUT2D eigenvalue weighted by Gasteiger charge is 2.51. The first-order chi connectivity index (χ1) is 18.9. The second-order valence-electron chi connectivity index (χ2n) is 11.4. The molecule has 4 rings (SSSR count). The maximum absolute atomic E-state index is 7.19. The van der Waals surface area contributed by atoms with Crippen molar-refractivity contribution in [1.29, 1.82) is 0 Å². The van der Waals surface area contributed by atoms with E-state index < -0.39 is 8.32 Å². The van der Waals surface area contributed by atoms with Gasteiger partial charge >= 0.3 is 0 Å². The van der Waals surface area contributed by atoms with Crippen molar-refractivity contribution >= 4 is 18.7 Å². The Morgan fingerprint density at radius 3 is 1.92 bits per heavy atom. The third-order valence-electron chi connectivity index (χ3n) is 7.87. The van der Waals surface area contributed by atoms with E-state index >= 15 is 0 Å². The second-order valence-corrected chi connectivity index (χ2v) is 15.7. The summed E-state index contributed by atoms with van der Waals surface area (Å²) in [7, 11) is -0.814. The first-order valence-corrected chi connectivity index (χ1v) is 16.0. The van der Waals surface area contributed by atoms with Gasteiger partial charge in [-0.05, 0) is 33.8 Å². The Morgan fingerprint density at radius 2 is 1.41 bits per heavy atom. The average molecular weight is 545 g/mol. The third-order valence-corrected chi connectivity index (χ3v) is 12.9. The van der Waals surface area contributed by atoms with Crippen molar-refractivity contribution in [3.63, 3.8) is 0 Å². The van der Waals surface area contributed by atoms with Crippen LogP contribution in [0.5, 0.6) is 0 Å². The molecule has 1 aliphatic rings. The van der Waals surface area contributed by atoms with Gasteiger partial charge in [-0.15, -0.1) is 6.58 Å². The van der Waals surface area contributed by atoms with Crippen molar-refractivity contribution in [1.82, 2.24) is 0 Å². The zero-order valence-electron chi connectivity index (χ0n) is 23.9. The summed E-state index contributed by atoms with van der Waals surface area (Å²) < 4.78 is 25.8. The molecule has 3 aromatic carbocycles. The summed E-state index contributed by atoms with van der Waals surface area (Å²) in [5.41, 5.74) is 1.15. The Bertz CT molecular complexity index is 1090. The molecule has 0 aliphatic carbocycles. The van der Waals surface area contributed by atoms with Gasteiger partial charge in [-0.25, -0.2) is 0 Å². The summed E-state index contributed by atoms with van der Waals surface area (Å²) in [4.78, 5) is 0. The van der Waals surface area contributed by atoms with Crippen LogP contribution in [0.4, 0.5) is 0 Å². The highest BCUT2D eigenvalue weighted by Crippen LogP contribution is 2.38. The van der Waals surface area contributed by atoms with Gasteiger partial charge in [-0.1, -0.05) is 118 Å². The van der Waals surface area contributed by atoms with E-state index in [0.29, 0.717) is 19.8 Å². The number of rotatable bonds is 13. The van der Waals surface area contributed by atoms with Crippen LogP contribution in [0.2, 0.25) is 5.04 Å². The van der Waals surface area contributed by atoms with Crippen molar-refractivity contribution < 1.29 is 18.6 Å². The second kappa shape index (κ2) is 13.7. The predicted octanol–water partition coefficient (Wildman–Crippen LogP) is 6.14. The van der Waals surface area contributed by atoms with Crippen molar-refractivity contribution in [3.05, 3.63) is 109 Å². The van der Waals surface area contributed by atoms with Gasteiger partial charge in [-0.3, -0.25) is 0 Å². The Balaban J connectivity index is 1.51. The third kappa shape index (κ3) is 6.79. The number of hydrogen-bond acceptors (Lipinski definition) is 4. The number of benzene rings is 3. The van der Waals surface area contributed by atoms with Crippen LogP contribution >= 0.6 is 0 Å². The zero-order chi connectivity index (χ0) is 27.7. The molecule has 0 aromatic heterocycles. The molecule has 1 heterocycles. The minimum Gasteiger partial charge on any atom is -0.407 e. The lowest BCUT2D eigenvalue weighted by Crippen LogP contribution is -2.66. The Morgan fingerprint density at radius 1 is 0.846 bits per heavy atom. The molecule has 1 fully saturated rings. The molecule has 208 valence electrons. The van der Waals surface area contributed by atoms with Crippen LogP contribution in [0.25, 0.3) is 0 Å². The lowest BCUT2D eigenvalue weighted by atomic mass is 9.91. The SMILES string of the molecule is C=CC[C@@H]1O[C@H](COCc2ccccc2)[C@H](OC)[C@H]1CCO[Si](c1ccccc1)(c1ccccc1)C(C)(C)C. The van der Waals surface area contributed by atoms with E-state index in [4.69, 9.17) is 18.6 Å². The molecule has 1 aliphatic heterocycles. The van der Waals surface area contributed by atoms with E-state index in [0.717, 1.165) is 18.4 Å². The minimum atomic E-state index is -2.60. The Labute approximate surface area is 236 Å². The Kier molecular flexibility index (Phi) is 10.3. The molecule has 5 heteroatoms. The first-order valence-electron chi connectivity index (χ1n) is 14.1. The average Bonchev–Trinajstić information content (AvgIpc) is 3.28. The van der Waals surface area contributed by atoms with Crippen LogP contribution in [-0.2, 0) is 25.2 Å². The standard InChI is InChI=1S/C34H44O4Si/c1-6-16-31-30(33(35-5)32(38-31)26-36-25-27-17-10-7-11-18-27)23-24-37-39(34(2,3)4,28-19-12-8-13-20-28)29-21-14-9-15-22-29/h6-15,17-22,30-33H,1,16,23-26H2,2-5H3/t30-,31-,32+,33+/m0/s1. The first kappa shape index (κ1) is 29.4. The topological polar surface area (TPSA) is 36.9 Å². The smallest absolute Gasteiger partial charge is 0.261 e. The zero-order valence-corrected chi connectivity index (χ0v) is 24.9.